The molecular weight excluding hydrogens is 257 g/mol. The molecule has 3 nitrogen and oxygen atoms in total. The molecule has 0 saturated heterocycles. The van der Waals surface area contributed by atoms with E-state index in [1.807, 2.05) is 11.7 Å². The summed E-state index contributed by atoms with van der Waals surface area (Å²) < 4.78 is 1.84. The van der Waals surface area contributed by atoms with Gasteiger partial charge in [0.15, 0.2) is 0 Å². The van der Waals surface area contributed by atoms with Crippen molar-refractivity contribution in [1.82, 2.24) is 15.1 Å². The fourth-order valence-corrected chi connectivity index (χ4v) is 2.05. The fraction of sp³-hybridized carbons (Fsp3) is 0.750. The number of hydrogen-bond donors (Lipinski definition) is 1. The summed E-state index contributed by atoms with van der Waals surface area (Å²) in [7, 11) is 1.92. The standard InChI is InChI=1S/C12H21Cl2N3/c1-5-10-12(14)11(17(4)16-10)7-15-6-9(13)8(2)3/h8-9,15H,5-7H2,1-4H3. The zero-order valence-electron chi connectivity index (χ0n) is 10.9. The number of nitrogens with zero attached hydrogens (tertiary/aromatic N) is 2. The number of hydrogen-bond acceptors (Lipinski definition) is 2. The van der Waals surface area contributed by atoms with E-state index in [1.54, 1.807) is 0 Å². The Bertz CT molecular complexity index is 361. The summed E-state index contributed by atoms with van der Waals surface area (Å²) in [6.45, 7) is 7.77. The van der Waals surface area contributed by atoms with Gasteiger partial charge in [-0.05, 0) is 12.3 Å². The molecule has 0 radical (unpaired) electrons. The second kappa shape index (κ2) is 6.62. The molecule has 1 aromatic heterocycles. The van der Waals surface area contributed by atoms with Crippen LogP contribution in [0.1, 0.15) is 32.2 Å². The minimum atomic E-state index is 0.146. The van der Waals surface area contributed by atoms with Crippen molar-refractivity contribution in [1.29, 1.82) is 0 Å². The van der Waals surface area contributed by atoms with Crippen molar-refractivity contribution in [3.8, 4) is 0 Å². The van der Waals surface area contributed by atoms with Crippen LogP contribution >= 0.6 is 23.2 Å². The van der Waals surface area contributed by atoms with Crippen LogP contribution in [0.4, 0.5) is 0 Å². The SMILES string of the molecule is CCc1nn(C)c(CNCC(Cl)C(C)C)c1Cl. The number of rotatable bonds is 6. The lowest BCUT2D eigenvalue weighted by atomic mass is 10.1. The van der Waals surface area contributed by atoms with Crippen molar-refractivity contribution in [3.63, 3.8) is 0 Å². The summed E-state index contributed by atoms with van der Waals surface area (Å²) in [4.78, 5) is 0. The zero-order chi connectivity index (χ0) is 13.0. The molecule has 1 rings (SSSR count). The molecular formula is C12H21Cl2N3. The molecule has 5 heteroatoms. The highest BCUT2D eigenvalue weighted by atomic mass is 35.5. The lowest BCUT2D eigenvalue weighted by Crippen LogP contribution is -2.27. The van der Waals surface area contributed by atoms with Gasteiger partial charge in [0.2, 0.25) is 0 Å². The third-order valence-corrected chi connectivity index (χ3v) is 3.95. The molecule has 98 valence electrons. The van der Waals surface area contributed by atoms with Crippen LogP contribution in [0, 0.1) is 5.92 Å². The fourth-order valence-electron chi connectivity index (χ4n) is 1.58. The summed E-state index contributed by atoms with van der Waals surface area (Å²) in [5.74, 6) is 0.470. The first-order chi connectivity index (χ1) is 7.97. The van der Waals surface area contributed by atoms with Gasteiger partial charge >= 0.3 is 0 Å². The molecule has 0 aliphatic heterocycles. The topological polar surface area (TPSA) is 29.9 Å². The van der Waals surface area contributed by atoms with Gasteiger partial charge < -0.3 is 5.32 Å². The maximum atomic E-state index is 6.25. The van der Waals surface area contributed by atoms with E-state index in [0.717, 1.165) is 29.4 Å². The van der Waals surface area contributed by atoms with Gasteiger partial charge in [-0.25, -0.2) is 0 Å². The summed E-state index contributed by atoms with van der Waals surface area (Å²) in [6, 6.07) is 0. The predicted octanol–water partition coefficient (Wildman–Crippen LogP) is 2.99. The molecule has 0 saturated carbocycles. The lowest BCUT2D eigenvalue weighted by molar-refractivity contribution is 0.535. The van der Waals surface area contributed by atoms with E-state index >= 15 is 0 Å². The average molecular weight is 278 g/mol. The van der Waals surface area contributed by atoms with Gasteiger partial charge in [-0.1, -0.05) is 32.4 Å². The van der Waals surface area contributed by atoms with Crippen molar-refractivity contribution in [2.24, 2.45) is 13.0 Å². The first-order valence-electron chi connectivity index (χ1n) is 6.02. The number of nitrogens with one attached hydrogen (secondary N) is 1. The van der Waals surface area contributed by atoms with Gasteiger partial charge in [0.1, 0.15) is 0 Å². The van der Waals surface area contributed by atoms with Crippen LogP contribution in [-0.4, -0.2) is 21.7 Å². The lowest BCUT2D eigenvalue weighted by Gasteiger charge is -2.14. The molecule has 17 heavy (non-hydrogen) atoms. The molecule has 1 aromatic rings. The zero-order valence-corrected chi connectivity index (χ0v) is 12.4. The van der Waals surface area contributed by atoms with Gasteiger partial charge in [-0.2, -0.15) is 5.10 Å². The van der Waals surface area contributed by atoms with Crippen LogP contribution in [0.25, 0.3) is 0 Å². The molecule has 1 unspecified atom stereocenters. The Kier molecular flexibility index (Phi) is 5.77. The molecule has 0 aliphatic rings. The number of alkyl halides is 1. The Labute approximate surface area is 113 Å². The molecule has 0 aromatic carbocycles. The highest BCUT2D eigenvalue weighted by Gasteiger charge is 2.14. The maximum Gasteiger partial charge on any atom is 0.0863 e. The Morgan fingerprint density at radius 1 is 1.41 bits per heavy atom. The summed E-state index contributed by atoms with van der Waals surface area (Å²) in [5, 5.41) is 8.62. The highest BCUT2D eigenvalue weighted by molar-refractivity contribution is 6.31. The van der Waals surface area contributed by atoms with Gasteiger partial charge in [-0.15, -0.1) is 11.6 Å². The van der Waals surface area contributed by atoms with Crippen molar-refractivity contribution >= 4 is 23.2 Å². The minimum absolute atomic E-state index is 0.146. The van der Waals surface area contributed by atoms with Crippen molar-refractivity contribution < 1.29 is 0 Å². The van der Waals surface area contributed by atoms with Crippen LogP contribution in [0.2, 0.25) is 5.02 Å². The van der Waals surface area contributed by atoms with Crippen molar-refractivity contribution in [2.75, 3.05) is 6.54 Å². The van der Waals surface area contributed by atoms with E-state index in [2.05, 4.69) is 31.2 Å². The van der Waals surface area contributed by atoms with Crippen LogP contribution in [-0.2, 0) is 20.0 Å². The molecule has 0 spiro atoms. The smallest absolute Gasteiger partial charge is 0.0863 e. The summed E-state index contributed by atoms with van der Waals surface area (Å²) in [5.41, 5.74) is 1.98. The third kappa shape index (κ3) is 3.87. The largest absolute Gasteiger partial charge is 0.310 e. The Morgan fingerprint density at radius 3 is 2.53 bits per heavy atom. The van der Waals surface area contributed by atoms with E-state index in [0.29, 0.717) is 12.5 Å². The first kappa shape index (κ1) is 14.8. The first-order valence-corrected chi connectivity index (χ1v) is 6.83. The van der Waals surface area contributed by atoms with Crippen LogP contribution in [0.5, 0.6) is 0 Å². The highest BCUT2D eigenvalue weighted by Crippen LogP contribution is 2.20. The second-order valence-corrected chi connectivity index (χ2v) is 5.51. The summed E-state index contributed by atoms with van der Waals surface area (Å²) >= 11 is 12.4. The van der Waals surface area contributed by atoms with Crippen LogP contribution in [0.15, 0.2) is 0 Å². The Hall–Kier alpha value is -0.250. The molecule has 1 atom stereocenters. The van der Waals surface area contributed by atoms with Gasteiger partial charge in [-0.3, -0.25) is 4.68 Å². The monoisotopic (exact) mass is 277 g/mol. The Morgan fingerprint density at radius 2 is 2.06 bits per heavy atom. The second-order valence-electron chi connectivity index (χ2n) is 4.58. The van der Waals surface area contributed by atoms with E-state index in [-0.39, 0.29) is 5.38 Å². The Balaban J connectivity index is 2.55. The number of aryl methyl sites for hydroxylation is 2. The van der Waals surface area contributed by atoms with Crippen LogP contribution < -0.4 is 5.32 Å². The molecule has 0 bridgehead atoms. The van der Waals surface area contributed by atoms with Crippen molar-refractivity contribution in [3.05, 3.63) is 16.4 Å². The van der Waals surface area contributed by atoms with E-state index < -0.39 is 0 Å². The maximum absolute atomic E-state index is 6.25. The quantitative estimate of drug-likeness (QED) is 0.811. The van der Waals surface area contributed by atoms with Crippen molar-refractivity contribution in [2.45, 2.75) is 39.1 Å². The van der Waals surface area contributed by atoms with Crippen LogP contribution in [0.3, 0.4) is 0 Å². The summed E-state index contributed by atoms with van der Waals surface area (Å²) in [6.07, 6.45) is 0.858. The third-order valence-electron chi connectivity index (χ3n) is 2.86. The number of halogens is 2. The average Bonchev–Trinajstić information content (AvgIpc) is 2.55. The molecule has 0 aliphatic carbocycles. The van der Waals surface area contributed by atoms with Gasteiger partial charge in [0.05, 0.1) is 16.4 Å². The minimum Gasteiger partial charge on any atom is -0.310 e. The predicted molar refractivity (Wildman–Crippen MR) is 73.8 cm³/mol. The number of aromatic nitrogens is 2. The molecule has 1 N–H and O–H groups in total. The van der Waals surface area contributed by atoms with E-state index in [4.69, 9.17) is 23.2 Å². The molecule has 1 heterocycles. The van der Waals surface area contributed by atoms with Gasteiger partial charge in [0.25, 0.3) is 0 Å². The van der Waals surface area contributed by atoms with Gasteiger partial charge in [0, 0.05) is 25.5 Å². The molecule has 0 fully saturated rings. The van der Waals surface area contributed by atoms with E-state index in [9.17, 15) is 0 Å². The normalized spacial score (nSPS) is 13.4. The molecule has 0 amide bonds. The van der Waals surface area contributed by atoms with E-state index in [1.165, 1.54) is 0 Å².